The Balaban J connectivity index is 1.54. The summed E-state index contributed by atoms with van der Waals surface area (Å²) in [5, 5.41) is 3.00. The van der Waals surface area contributed by atoms with Crippen molar-refractivity contribution in [1.29, 1.82) is 0 Å². The maximum atomic E-state index is 12.3. The number of nitrogens with zero attached hydrogens (tertiary/aromatic N) is 1. The second-order valence-electron chi connectivity index (χ2n) is 6.77. The van der Waals surface area contributed by atoms with Crippen LogP contribution in [-0.2, 0) is 24.3 Å². The molecule has 1 fully saturated rings. The highest BCUT2D eigenvalue weighted by molar-refractivity contribution is 5.81. The van der Waals surface area contributed by atoms with Gasteiger partial charge in [0, 0.05) is 13.1 Å². The molecule has 3 N–H and O–H groups in total. The summed E-state index contributed by atoms with van der Waals surface area (Å²) in [7, 11) is 0. The fourth-order valence-electron chi connectivity index (χ4n) is 3.34. The van der Waals surface area contributed by atoms with Crippen LogP contribution in [0.3, 0.4) is 0 Å². The SMILES string of the molecule is NC(Cc1ccccc1)C(=O)NCc1ccccc1CN1CCCC1. The molecule has 0 bridgehead atoms. The predicted octanol–water partition coefficient (Wildman–Crippen LogP) is 2.47. The number of carbonyl (C=O) groups excluding carboxylic acids is 1. The number of likely N-dealkylation sites (tertiary alicyclic amines) is 1. The molecule has 4 heteroatoms. The third kappa shape index (κ3) is 5.15. The average molecular weight is 337 g/mol. The molecule has 1 aliphatic heterocycles. The Morgan fingerprint density at radius 3 is 2.36 bits per heavy atom. The summed E-state index contributed by atoms with van der Waals surface area (Å²) in [6.07, 6.45) is 3.13. The standard InChI is InChI=1S/C21H27N3O/c22-20(14-17-8-2-1-3-9-17)21(25)23-15-18-10-4-5-11-19(18)16-24-12-6-7-13-24/h1-5,8-11,20H,6-7,12-16,22H2,(H,23,25). The first-order valence-corrected chi connectivity index (χ1v) is 9.09. The monoisotopic (exact) mass is 337 g/mol. The number of nitrogens with one attached hydrogen (secondary N) is 1. The highest BCUT2D eigenvalue weighted by atomic mass is 16.2. The number of benzene rings is 2. The first-order chi connectivity index (χ1) is 12.2. The van der Waals surface area contributed by atoms with E-state index in [1.165, 1.54) is 37.1 Å². The van der Waals surface area contributed by atoms with Gasteiger partial charge in [-0.3, -0.25) is 9.69 Å². The van der Waals surface area contributed by atoms with Crippen LogP contribution in [0.25, 0.3) is 0 Å². The molecule has 1 atom stereocenters. The smallest absolute Gasteiger partial charge is 0.237 e. The fourth-order valence-corrected chi connectivity index (χ4v) is 3.34. The molecule has 0 spiro atoms. The number of nitrogens with two attached hydrogens (primary N) is 1. The third-order valence-electron chi connectivity index (χ3n) is 4.80. The lowest BCUT2D eigenvalue weighted by atomic mass is 10.0. The van der Waals surface area contributed by atoms with Crippen molar-refractivity contribution in [3.63, 3.8) is 0 Å². The quantitative estimate of drug-likeness (QED) is 0.816. The topological polar surface area (TPSA) is 58.4 Å². The molecule has 0 radical (unpaired) electrons. The molecule has 132 valence electrons. The van der Waals surface area contributed by atoms with E-state index >= 15 is 0 Å². The molecule has 4 nitrogen and oxygen atoms in total. The lowest BCUT2D eigenvalue weighted by Crippen LogP contribution is -2.41. The van der Waals surface area contributed by atoms with Gasteiger partial charge in [0.2, 0.25) is 5.91 Å². The summed E-state index contributed by atoms with van der Waals surface area (Å²) >= 11 is 0. The third-order valence-corrected chi connectivity index (χ3v) is 4.80. The van der Waals surface area contributed by atoms with Gasteiger partial charge in [0.1, 0.15) is 0 Å². The van der Waals surface area contributed by atoms with Crippen LogP contribution in [0.2, 0.25) is 0 Å². The highest BCUT2D eigenvalue weighted by Crippen LogP contribution is 2.16. The summed E-state index contributed by atoms with van der Waals surface area (Å²) in [5.74, 6) is -0.0974. The number of hydrogen-bond donors (Lipinski definition) is 2. The second kappa shape index (κ2) is 8.79. The van der Waals surface area contributed by atoms with E-state index in [0.717, 1.165) is 12.1 Å². The van der Waals surface area contributed by atoms with Crippen LogP contribution >= 0.6 is 0 Å². The first-order valence-electron chi connectivity index (χ1n) is 9.09. The molecule has 1 saturated heterocycles. The number of carbonyl (C=O) groups is 1. The molecule has 1 aliphatic rings. The van der Waals surface area contributed by atoms with E-state index in [1.807, 2.05) is 36.4 Å². The Bertz CT molecular complexity index is 681. The van der Waals surface area contributed by atoms with Gasteiger partial charge in [-0.25, -0.2) is 0 Å². The number of hydrogen-bond acceptors (Lipinski definition) is 3. The second-order valence-corrected chi connectivity index (χ2v) is 6.77. The van der Waals surface area contributed by atoms with Crippen molar-refractivity contribution in [2.75, 3.05) is 13.1 Å². The maximum absolute atomic E-state index is 12.3. The van der Waals surface area contributed by atoms with Gasteiger partial charge in [0.05, 0.1) is 6.04 Å². The van der Waals surface area contributed by atoms with E-state index in [2.05, 4.69) is 28.4 Å². The molecule has 1 heterocycles. The van der Waals surface area contributed by atoms with E-state index in [4.69, 9.17) is 5.73 Å². The van der Waals surface area contributed by atoms with Gasteiger partial charge < -0.3 is 11.1 Å². The van der Waals surface area contributed by atoms with Crippen LogP contribution in [0, 0.1) is 0 Å². The van der Waals surface area contributed by atoms with Crippen molar-refractivity contribution in [3.05, 3.63) is 71.3 Å². The van der Waals surface area contributed by atoms with Gasteiger partial charge in [0.25, 0.3) is 0 Å². The number of rotatable bonds is 7. The highest BCUT2D eigenvalue weighted by Gasteiger charge is 2.16. The Labute approximate surface area is 150 Å². The minimum Gasteiger partial charge on any atom is -0.351 e. The Morgan fingerprint density at radius 1 is 1.00 bits per heavy atom. The van der Waals surface area contributed by atoms with Crippen molar-refractivity contribution in [1.82, 2.24) is 10.2 Å². The van der Waals surface area contributed by atoms with E-state index < -0.39 is 6.04 Å². The summed E-state index contributed by atoms with van der Waals surface area (Å²) in [6, 6.07) is 17.7. The van der Waals surface area contributed by atoms with Crippen molar-refractivity contribution in [3.8, 4) is 0 Å². The van der Waals surface area contributed by atoms with Crippen LogP contribution in [-0.4, -0.2) is 29.9 Å². The van der Waals surface area contributed by atoms with E-state index in [0.29, 0.717) is 13.0 Å². The molecule has 0 saturated carbocycles. The van der Waals surface area contributed by atoms with Crippen LogP contribution in [0.15, 0.2) is 54.6 Å². The van der Waals surface area contributed by atoms with Gasteiger partial charge in [0.15, 0.2) is 0 Å². The van der Waals surface area contributed by atoms with Gasteiger partial charge in [-0.05, 0) is 49.0 Å². The van der Waals surface area contributed by atoms with E-state index in [1.54, 1.807) is 0 Å². The van der Waals surface area contributed by atoms with Crippen LogP contribution in [0.5, 0.6) is 0 Å². The molecule has 2 aromatic rings. The van der Waals surface area contributed by atoms with Gasteiger partial charge in [-0.1, -0.05) is 54.6 Å². The molecule has 2 aromatic carbocycles. The van der Waals surface area contributed by atoms with Gasteiger partial charge >= 0.3 is 0 Å². The largest absolute Gasteiger partial charge is 0.351 e. The van der Waals surface area contributed by atoms with E-state index in [-0.39, 0.29) is 5.91 Å². The van der Waals surface area contributed by atoms with Crippen molar-refractivity contribution >= 4 is 5.91 Å². The van der Waals surface area contributed by atoms with E-state index in [9.17, 15) is 4.79 Å². The minimum atomic E-state index is -0.520. The van der Waals surface area contributed by atoms with Crippen LogP contribution < -0.4 is 11.1 Å². The van der Waals surface area contributed by atoms with Crippen molar-refractivity contribution < 1.29 is 4.79 Å². The molecular formula is C21H27N3O. The van der Waals surface area contributed by atoms with Gasteiger partial charge in [-0.2, -0.15) is 0 Å². The molecule has 0 aromatic heterocycles. The van der Waals surface area contributed by atoms with Crippen LogP contribution in [0.4, 0.5) is 0 Å². The molecule has 3 rings (SSSR count). The Morgan fingerprint density at radius 2 is 1.64 bits per heavy atom. The zero-order valence-corrected chi connectivity index (χ0v) is 14.7. The molecule has 25 heavy (non-hydrogen) atoms. The zero-order chi connectivity index (χ0) is 17.5. The minimum absolute atomic E-state index is 0.0974. The molecule has 0 aliphatic carbocycles. The van der Waals surface area contributed by atoms with Crippen LogP contribution in [0.1, 0.15) is 29.5 Å². The zero-order valence-electron chi connectivity index (χ0n) is 14.7. The first kappa shape index (κ1) is 17.6. The Kier molecular flexibility index (Phi) is 6.20. The normalized spacial score (nSPS) is 15.9. The summed E-state index contributed by atoms with van der Waals surface area (Å²) in [5.41, 5.74) is 9.61. The predicted molar refractivity (Wildman–Crippen MR) is 101 cm³/mol. The average Bonchev–Trinajstić information content (AvgIpc) is 3.14. The van der Waals surface area contributed by atoms with Crippen molar-refractivity contribution in [2.45, 2.75) is 38.4 Å². The lowest BCUT2D eigenvalue weighted by Gasteiger charge is -2.18. The maximum Gasteiger partial charge on any atom is 0.237 e. The Hall–Kier alpha value is -2.17. The summed E-state index contributed by atoms with van der Waals surface area (Å²) < 4.78 is 0. The summed E-state index contributed by atoms with van der Waals surface area (Å²) in [4.78, 5) is 14.8. The summed E-state index contributed by atoms with van der Waals surface area (Å²) in [6.45, 7) is 3.83. The number of amides is 1. The van der Waals surface area contributed by atoms with Crippen molar-refractivity contribution in [2.24, 2.45) is 5.73 Å². The fraction of sp³-hybridized carbons (Fsp3) is 0.381. The molecule has 1 unspecified atom stereocenters. The lowest BCUT2D eigenvalue weighted by molar-refractivity contribution is -0.122. The van der Waals surface area contributed by atoms with Gasteiger partial charge in [-0.15, -0.1) is 0 Å². The molecule has 1 amide bonds. The molecular weight excluding hydrogens is 310 g/mol.